The van der Waals surface area contributed by atoms with Crippen LogP contribution in [0.4, 0.5) is 8.78 Å². The molecule has 1 amide bonds. The van der Waals surface area contributed by atoms with Crippen LogP contribution in [0.25, 0.3) is 0 Å². The summed E-state index contributed by atoms with van der Waals surface area (Å²) in [5, 5.41) is 0. The highest BCUT2D eigenvalue weighted by atomic mass is 32.2. The molecule has 1 N–H and O–H groups in total. The standard InChI is InChI=1S/C9H16F2N2O3S/c1-17(15,16)12-5-7-3-2-4-13(6-7)9(14)8(10)11/h7-8,12H,2-6H2,1H3. The lowest BCUT2D eigenvalue weighted by Gasteiger charge is -2.32. The molecule has 1 aliphatic rings. The smallest absolute Gasteiger partial charge is 0.315 e. The Labute approximate surface area is 99.2 Å². The molecular formula is C9H16F2N2O3S. The highest BCUT2D eigenvalue weighted by molar-refractivity contribution is 7.88. The fraction of sp³-hybridized carbons (Fsp3) is 0.889. The number of piperidine rings is 1. The number of halogens is 2. The van der Waals surface area contributed by atoms with Gasteiger partial charge in [0.2, 0.25) is 10.0 Å². The summed E-state index contributed by atoms with van der Waals surface area (Å²) in [4.78, 5) is 12.2. The number of hydrogen-bond acceptors (Lipinski definition) is 3. The summed E-state index contributed by atoms with van der Waals surface area (Å²) >= 11 is 0. The first-order valence-corrected chi connectivity index (χ1v) is 7.20. The van der Waals surface area contributed by atoms with Crippen LogP contribution in [0.3, 0.4) is 0 Å². The minimum atomic E-state index is -3.28. The molecule has 8 heteroatoms. The van der Waals surface area contributed by atoms with Crippen molar-refractivity contribution in [1.82, 2.24) is 9.62 Å². The Morgan fingerprint density at radius 1 is 1.53 bits per heavy atom. The number of nitrogens with one attached hydrogen (secondary N) is 1. The Morgan fingerprint density at radius 3 is 2.71 bits per heavy atom. The van der Waals surface area contributed by atoms with E-state index in [-0.39, 0.29) is 19.0 Å². The summed E-state index contributed by atoms with van der Waals surface area (Å²) in [6.45, 7) is 0.691. The van der Waals surface area contributed by atoms with Gasteiger partial charge in [0.25, 0.3) is 5.91 Å². The van der Waals surface area contributed by atoms with Crippen LogP contribution in [0.15, 0.2) is 0 Å². The molecule has 1 atom stereocenters. The van der Waals surface area contributed by atoms with Crippen molar-refractivity contribution < 1.29 is 22.0 Å². The molecule has 1 saturated heterocycles. The van der Waals surface area contributed by atoms with Gasteiger partial charge in [0.15, 0.2) is 0 Å². The van der Waals surface area contributed by atoms with Gasteiger partial charge in [-0.05, 0) is 18.8 Å². The number of nitrogens with zero attached hydrogens (tertiary/aromatic N) is 1. The van der Waals surface area contributed by atoms with Crippen molar-refractivity contribution >= 4 is 15.9 Å². The molecular weight excluding hydrogens is 254 g/mol. The largest absolute Gasteiger partial charge is 0.337 e. The fourth-order valence-electron chi connectivity index (χ4n) is 1.84. The van der Waals surface area contributed by atoms with Crippen LogP contribution in [-0.2, 0) is 14.8 Å². The van der Waals surface area contributed by atoms with E-state index in [4.69, 9.17) is 0 Å². The van der Waals surface area contributed by atoms with Crippen molar-refractivity contribution in [3.05, 3.63) is 0 Å². The van der Waals surface area contributed by atoms with E-state index in [0.29, 0.717) is 13.0 Å². The number of alkyl halides is 2. The van der Waals surface area contributed by atoms with Gasteiger partial charge in [-0.25, -0.2) is 13.1 Å². The lowest BCUT2D eigenvalue weighted by molar-refractivity contribution is -0.144. The Kier molecular flexibility index (Phi) is 4.81. The number of amides is 1. The van der Waals surface area contributed by atoms with Crippen LogP contribution in [0.5, 0.6) is 0 Å². The second kappa shape index (κ2) is 5.72. The van der Waals surface area contributed by atoms with Crippen molar-refractivity contribution in [2.75, 3.05) is 25.9 Å². The van der Waals surface area contributed by atoms with E-state index in [1.165, 1.54) is 0 Å². The highest BCUT2D eigenvalue weighted by Crippen LogP contribution is 2.17. The molecule has 0 aromatic heterocycles. The second-order valence-electron chi connectivity index (χ2n) is 4.21. The van der Waals surface area contributed by atoms with E-state index in [1.54, 1.807) is 0 Å². The maximum Gasteiger partial charge on any atom is 0.315 e. The van der Waals surface area contributed by atoms with Crippen LogP contribution in [0, 0.1) is 5.92 Å². The molecule has 1 aliphatic heterocycles. The summed E-state index contributed by atoms with van der Waals surface area (Å²) in [5.41, 5.74) is 0. The zero-order valence-electron chi connectivity index (χ0n) is 9.53. The lowest BCUT2D eigenvalue weighted by atomic mass is 9.98. The van der Waals surface area contributed by atoms with E-state index in [0.717, 1.165) is 17.6 Å². The van der Waals surface area contributed by atoms with E-state index in [1.807, 2.05) is 0 Å². The number of carbonyl (C=O) groups is 1. The van der Waals surface area contributed by atoms with Crippen molar-refractivity contribution in [2.45, 2.75) is 19.3 Å². The molecule has 1 fully saturated rings. The first-order valence-electron chi connectivity index (χ1n) is 5.31. The maximum absolute atomic E-state index is 12.2. The Bertz CT molecular complexity index is 372. The zero-order valence-corrected chi connectivity index (χ0v) is 10.3. The van der Waals surface area contributed by atoms with Crippen molar-refractivity contribution in [3.63, 3.8) is 0 Å². The first-order chi connectivity index (χ1) is 7.79. The molecule has 0 aromatic carbocycles. The van der Waals surface area contributed by atoms with Crippen LogP contribution in [0.2, 0.25) is 0 Å². The fourth-order valence-corrected chi connectivity index (χ4v) is 2.38. The monoisotopic (exact) mass is 270 g/mol. The maximum atomic E-state index is 12.2. The van der Waals surface area contributed by atoms with Crippen molar-refractivity contribution in [2.24, 2.45) is 5.92 Å². The van der Waals surface area contributed by atoms with Gasteiger partial charge in [0, 0.05) is 19.6 Å². The van der Waals surface area contributed by atoms with Gasteiger partial charge in [0.1, 0.15) is 0 Å². The molecule has 0 aromatic rings. The molecule has 5 nitrogen and oxygen atoms in total. The lowest BCUT2D eigenvalue weighted by Crippen LogP contribution is -2.45. The number of sulfonamides is 1. The van der Waals surface area contributed by atoms with Gasteiger partial charge >= 0.3 is 6.43 Å². The molecule has 0 radical (unpaired) electrons. The molecule has 1 unspecified atom stereocenters. The van der Waals surface area contributed by atoms with E-state index in [2.05, 4.69) is 4.72 Å². The van der Waals surface area contributed by atoms with Crippen LogP contribution >= 0.6 is 0 Å². The average molecular weight is 270 g/mol. The summed E-state index contributed by atoms with van der Waals surface area (Å²) in [5.74, 6) is -1.27. The quantitative estimate of drug-likeness (QED) is 0.784. The Balaban J connectivity index is 2.47. The van der Waals surface area contributed by atoms with Gasteiger partial charge in [0.05, 0.1) is 6.26 Å². The summed E-state index contributed by atoms with van der Waals surface area (Å²) in [6, 6.07) is 0. The Hall–Kier alpha value is -0.760. The third-order valence-corrected chi connectivity index (χ3v) is 3.34. The molecule has 0 saturated carbocycles. The third kappa shape index (κ3) is 4.95. The molecule has 100 valence electrons. The minimum absolute atomic E-state index is 0.0961. The van der Waals surface area contributed by atoms with Crippen molar-refractivity contribution in [3.8, 4) is 0 Å². The molecule has 17 heavy (non-hydrogen) atoms. The normalized spacial score (nSPS) is 21.9. The SMILES string of the molecule is CS(=O)(=O)NCC1CCCN(C(=O)C(F)F)C1. The number of likely N-dealkylation sites (tertiary alicyclic amines) is 1. The first kappa shape index (κ1) is 14.3. The zero-order chi connectivity index (χ0) is 13.1. The third-order valence-electron chi connectivity index (χ3n) is 2.65. The van der Waals surface area contributed by atoms with Crippen LogP contribution in [-0.4, -0.2) is 51.5 Å². The van der Waals surface area contributed by atoms with Gasteiger partial charge in [-0.2, -0.15) is 8.78 Å². The van der Waals surface area contributed by atoms with E-state index in [9.17, 15) is 22.0 Å². The highest BCUT2D eigenvalue weighted by Gasteiger charge is 2.28. The van der Waals surface area contributed by atoms with Gasteiger partial charge in [-0.1, -0.05) is 0 Å². The minimum Gasteiger partial charge on any atom is -0.337 e. The molecule has 1 rings (SSSR count). The molecule has 1 heterocycles. The topological polar surface area (TPSA) is 66.5 Å². The Morgan fingerprint density at radius 2 is 2.18 bits per heavy atom. The van der Waals surface area contributed by atoms with E-state index >= 15 is 0 Å². The number of rotatable bonds is 4. The number of carbonyl (C=O) groups excluding carboxylic acids is 1. The summed E-state index contributed by atoms with van der Waals surface area (Å²) in [7, 11) is -3.28. The second-order valence-corrected chi connectivity index (χ2v) is 6.05. The average Bonchev–Trinajstić information content (AvgIpc) is 2.24. The molecule has 0 aliphatic carbocycles. The van der Waals surface area contributed by atoms with Gasteiger partial charge < -0.3 is 4.90 Å². The van der Waals surface area contributed by atoms with E-state index < -0.39 is 22.4 Å². The molecule has 0 bridgehead atoms. The molecule has 0 spiro atoms. The summed E-state index contributed by atoms with van der Waals surface area (Å²) in [6.07, 6.45) is -0.598. The predicted molar refractivity (Wildman–Crippen MR) is 58.2 cm³/mol. The summed E-state index contributed by atoms with van der Waals surface area (Å²) < 4.78 is 48.5. The predicted octanol–water partition coefficient (Wildman–Crippen LogP) is 0.0393. The van der Waals surface area contributed by atoms with Crippen LogP contribution < -0.4 is 4.72 Å². The van der Waals surface area contributed by atoms with Gasteiger partial charge in [-0.15, -0.1) is 0 Å². The van der Waals surface area contributed by atoms with Crippen LogP contribution in [0.1, 0.15) is 12.8 Å². The number of hydrogen-bond donors (Lipinski definition) is 1. The van der Waals surface area contributed by atoms with Crippen molar-refractivity contribution in [1.29, 1.82) is 0 Å². The van der Waals surface area contributed by atoms with Gasteiger partial charge in [-0.3, -0.25) is 4.79 Å².